The molecule has 0 aliphatic carbocycles. The molecule has 2 N–H and O–H groups in total. The van der Waals surface area contributed by atoms with Gasteiger partial charge in [-0.05, 0) is 31.4 Å². The summed E-state index contributed by atoms with van der Waals surface area (Å²) in [5, 5.41) is 3.37. The summed E-state index contributed by atoms with van der Waals surface area (Å²) >= 11 is 0. The SMILES string of the molecule is COCC1(CNS(=O)(=O)CCc2ccccc2)CCCN1.Cl. The average Bonchev–Trinajstić information content (AvgIpc) is 2.94. The minimum Gasteiger partial charge on any atom is -0.383 e. The molecule has 1 fully saturated rings. The lowest BCUT2D eigenvalue weighted by atomic mass is 9.99. The second kappa shape index (κ2) is 8.84. The van der Waals surface area contributed by atoms with Crippen LogP contribution in [0.3, 0.4) is 0 Å². The Morgan fingerprint density at radius 2 is 2.05 bits per heavy atom. The van der Waals surface area contributed by atoms with Crippen molar-refractivity contribution < 1.29 is 13.2 Å². The van der Waals surface area contributed by atoms with E-state index in [-0.39, 0.29) is 23.7 Å². The van der Waals surface area contributed by atoms with Gasteiger partial charge >= 0.3 is 0 Å². The van der Waals surface area contributed by atoms with Crippen LogP contribution in [-0.2, 0) is 21.2 Å². The number of halogens is 1. The fraction of sp³-hybridized carbons (Fsp3) is 0.600. The lowest BCUT2D eigenvalue weighted by molar-refractivity contribution is 0.122. The molecule has 5 nitrogen and oxygen atoms in total. The summed E-state index contributed by atoms with van der Waals surface area (Å²) in [4.78, 5) is 0. The molecule has 1 aliphatic heterocycles. The summed E-state index contributed by atoms with van der Waals surface area (Å²) in [5.74, 6) is 0.111. The van der Waals surface area contributed by atoms with E-state index >= 15 is 0 Å². The zero-order chi connectivity index (χ0) is 15.2. The number of ether oxygens (including phenoxy) is 1. The molecule has 0 saturated carbocycles. The van der Waals surface area contributed by atoms with Crippen molar-refractivity contribution >= 4 is 22.4 Å². The third-order valence-corrected chi connectivity index (χ3v) is 5.21. The van der Waals surface area contributed by atoms with E-state index in [1.54, 1.807) is 7.11 Å². The van der Waals surface area contributed by atoms with E-state index in [0.717, 1.165) is 24.9 Å². The van der Waals surface area contributed by atoms with Gasteiger partial charge in [0.1, 0.15) is 0 Å². The maximum absolute atomic E-state index is 12.1. The number of rotatable bonds is 8. The number of sulfonamides is 1. The molecule has 1 aromatic rings. The van der Waals surface area contributed by atoms with E-state index in [1.165, 1.54) is 0 Å². The summed E-state index contributed by atoms with van der Waals surface area (Å²) < 4.78 is 32.2. The number of methoxy groups -OCH3 is 1. The highest BCUT2D eigenvalue weighted by atomic mass is 35.5. The fourth-order valence-electron chi connectivity index (χ4n) is 2.69. The van der Waals surface area contributed by atoms with Gasteiger partial charge < -0.3 is 10.1 Å². The van der Waals surface area contributed by atoms with Crippen molar-refractivity contribution in [3.63, 3.8) is 0 Å². The van der Waals surface area contributed by atoms with Crippen LogP contribution in [-0.4, -0.2) is 46.5 Å². The van der Waals surface area contributed by atoms with Gasteiger partial charge in [0.2, 0.25) is 10.0 Å². The van der Waals surface area contributed by atoms with Crippen LogP contribution in [0.5, 0.6) is 0 Å². The van der Waals surface area contributed by atoms with Crippen molar-refractivity contribution in [1.29, 1.82) is 0 Å². The average molecular weight is 349 g/mol. The number of hydrogen-bond acceptors (Lipinski definition) is 4. The molecule has 0 radical (unpaired) electrons. The number of aryl methyl sites for hydroxylation is 1. The summed E-state index contributed by atoms with van der Waals surface area (Å²) in [6.45, 7) is 1.82. The standard InChI is InChI=1S/C15H24N2O3S.ClH/c1-20-13-15(9-5-10-16-15)12-17-21(18,19)11-8-14-6-3-2-4-7-14;/h2-4,6-7,16-17H,5,8-13H2,1H3;1H. The maximum Gasteiger partial charge on any atom is 0.211 e. The van der Waals surface area contributed by atoms with Crippen molar-refractivity contribution in [3.8, 4) is 0 Å². The first-order valence-electron chi connectivity index (χ1n) is 7.31. The van der Waals surface area contributed by atoms with Gasteiger partial charge in [0.15, 0.2) is 0 Å². The minimum absolute atomic E-state index is 0. The van der Waals surface area contributed by atoms with Gasteiger partial charge in [-0.2, -0.15) is 0 Å². The van der Waals surface area contributed by atoms with E-state index in [0.29, 0.717) is 19.6 Å². The second-order valence-corrected chi connectivity index (χ2v) is 7.55. The zero-order valence-electron chi connectivity index (χ0n) is 12.9. The molecule has 0 aromatic heterocycles. The highest BCUT2D eigenvalue weighted by Crippen LogP contribution is 2.19. The van der Waals surface area contributed by atoms with Crippen LogP contribution < -0.4 is 10.0 Å². The number of benzene rings is 1. The van der Waals surface area contributed by atoms with Gasteiger partial charge in [0.25, 0.3) is 0 Å². The summed E-state index contributed by atoms with van der Waals surface area (Å²) in [6, 6.07) is 9.66. The predicted octanol–water partition coefficient (Wildman–Crippen LogP) is 1.34. The highest BCUT2D eigenvalue weighted by Gasteiger charge is 2.34. The number of nitrogens with one attached hydrogen (secondary N) is 2. The van der Waals surface area contributed by atoms with E-state index < -0.39 is 10.0 Å². The molecule has 0 spiro atoms. The maximum atomic E-state index is 12.1. The van der Waals surface area contributed by atoms with Crippen molar-refractivity contribution in [3.05, 3.63) is 35.9 Å². The van der Waals surface area contributed by atoms with E-state index in [9.17, 15) is 8.42 Å². The van der Waals surface area contributed by atoms with Gasteiger partial charge in [-0.1, -0.05) is 30.3 Å². The first-order chi connectivity index (χ1) is 10.1. The molecule has 1 heterocycles. The van der Waals surface area contributed by atoms with E-state index in [1.807, 2.05) is 30.3 Å². The van der Waals surface area contributed by atoms with Crippen LogP contribution in [0.1, 0.15) is 18.4 Å². The molecule has 1 unspecified atom stereocenters. The van der Waals surface area contributed by atoms with Crippen molar-refractivity contribution in [2.75, 3.05) is 32.6 Å². The molecule has 1 saturated heterocycles. The van der Waals surface area contributed by atoms with Crippen molar-refractivity contribution in [2.45, 2.75) is 24.8 Å². The monoisotopic (exact) mass is 348 g/mol. The third kappa shape index (κ3) is 5.85. The predicted molar refractivity (Wildman–Crippen MR) is 91.0 cm³/mol. The van der Waals surface area contributed by atoms with Crippen LogP contribution >= 0.6 is 12.4 Å². The normalized spacial score (nSPS) is 21.5. The Kier molecular flexibility index (Phi) is 7.79. The Bertz CT molecular complexity index is 531. The van der Waals surface area contributed by atoms with Crippen LogP contribution in [0.4, 0.5) is 0 Å². The summed E-state index contributed by atoms with van der Waals surface area (Å²) in [5.41, 5.74) is 0.780. The molecule has 0 bridgehead atoms. The molecule has 22 heavy (non-hydrogen) atoms. The molecule has 1 aliphatic rings. The van der Waals surface area contributed by atoms with Crippen LogP contribution in [0.2, 0.25) is 0 Å². The Morgan fingerprint density at radius 1 is 1.32 bits per heavy atom. The Labute approximate surface area is 139 Å². The quantitative estimate of drug-likeness (QED) is 0.744. The van der Waals surface area contributed by atoms with Crippen LogP contribution in [0.15, 0.2) is 30.3 Å². The van der Waals surface area contributed by atoms with E-state index in [2.05, 4.69) is 10.0 Å². The molecular weight excluding hydrogens is 324 g/mol. The second-order valence-electron chi connectivity index (χ2n) is 5.62. The molecule has 1 atom stereocenters. The van der Waals surface area contributed by atoms with Crippen LogP contribution in [0, 0.1) is 0 Å². The zero-order valence-corrected chi connectivity index (χ0v) is 14.5. The lowest BCUT2D eigenvalue weighted by Gasteiger charge is -2.28. The van der Waals surface area contributed by atoms with Gasteiger partial charge in [-0.25, -0.2) is 13.1 Å². The Morgan fingerprint density at radius 3 is 2.64 bits per heavy atom. The third-order valence-electron chi connectivity index (χ3n) is 3.89. The van der Waals surface area contributed by atoms with Gasteiger partial charge in [-0.3, -0.25) is 0 Å². The smallest absolute Gasteiger partial charge is 0.211 e. The summed E-state index contributed by atoms with van der Waals surface area (Å²) in [6.07, 6.45) is 2.51. The van der Waals surface area contributed by atoms with Gasteiger partial charge in [0.05, 0.1) is 17.9 Å². The number of hydrogen-bond donors (Lipinski definition) is 2. The molecule has 1 aromatic carbocycles. The molecule has 126 valence electrons. The first kappa shape index (κ1) is 19.4. The molecule has 7 heteroatoms. The fourth-order valence-corrected chi connectivity index (χ4v) is 3.83. The lowest BCUT2D eigenvalue weighted by Crippen LogP contribution is -2.53. The van der Waals surface area contributed by atoms with Gasteiger partial charge in [-0.15, -0.1) is 12.4 Å². The summed E-state index contributed by atoms with van der Waals surface area (Å²) in [7, 11) is -1.62. The van der Waals surface area contributed by atoms with Crippen molar-refractivity contribution in [2.24, 2.45) is 0 Å². The molecule has 2 rings (SSSR count). The topological polar surface area (TPSA) is 67.4 Å². The van der Waals surface area contributed by atoms with Gasteiger partial charge in [0, 0.05) is 13.7 Å². The molecule has 0 amide bonds. The van der Waals surface area contributed by atoms with Crippen molar-refractivity contribution in [1.82, 2.24) is 10.0 Å². The minimum atomic E-state index is -3.27. The van der Waals surface area contributed by atoms with E-state index in [4.69, 9.17) is 4.74 Å². The Balaban J connectivity index is 0.00000242. The first-order valence-corrected chi connectivity index (χ1v) is 8.96. The largest absolute Gasteiger partial charge is 0.383 e. The molecular formula is C15H25ClN2O3S. The Hall–Kier alpha value is -0.660. The highest BCUT2D eigenvalue weighted by molar-refractivity contribution is 7.89. The van der Waals surface area contributed by atoms with Crippen LogP contribution in [0.25, 0.3) is 0 Å².